The second-order valence-electron chi connectivity index (χ2n) is 9.57. The van der Waals surface area contributed by atoms with Gasteiger partial charge in [0.2, 0.25) is 11.8 Å². The number of piperidine rings is 1. The molecule has 32 heavy (non-hydrogen) atoms. The van der Waals surface area contributed by atoms with Crippen LogP contribution in [0.5, 0.6) is 0 Å². The fraction of sp³-hybridized carbons (Fsp3) is 0.750. The second kappa shape index (κ2) is 10.1. The van der Waals surface area contributed by atoms with E-state index in [0.29, 0.717) is 25.7 Å². The van der Waals surface area contributed by atoms with Crippen molar-refractivity contribution in [2.45, 2.75) is 83.3 Å². The van der Waals surface area contributed by atoms with E-state index < -0.39 is 0 Å². The third-order valence-corrected chi connectivity index (χ3v) is 7.53. The molecule has 4 rings (SSSR count). The molecule has 0 aromatic carbocycles. The normalized spacial score (nSPS) is 22.3. The number of amides is 2. The number of carbonyl (C=O) groups excluding carboxylic acids is 2. The maximum absolute atomic E-state index is 13.1. The quantitative estimate of drug-likeness (QED) is 0.755. The Labute approximate surface area is 191 Å². The second-order valence-corrected chi connectivity index (χ2v) is 9.57. The molecule has 0 radical (unpaired) electrons. The summed E-state index contributed by atoms with van der Waals surface area (Å²) < 4.78 is 0. The molecule has 1 aliphatic carbocycles. The predicted molar refractivity (Wildman–Crippen MR) is 124 cm³/mol. The van der Waals surface area contributed by atoms with Crippen LogP contribution in [0.25, 0.3) is 0 Å². The summed E-state index contributed by atoms with van der Waals surface area (Å²) in [5.41, 5.74) is 2.06. The number of hydrogen-bond acceptors (Lipinski definition) is 6. The van der Waals surface area contributed by atoms with Crippen LogP contribution in [0.4, 0.5) is 5.82 Å². The van der Waals surface area contributed by atoms with Crippen molar-refractivity contribution in [1.82, 2.24) is 24.7 Å². The Hall–Kier alpha value is -2.22. The van der Waals surface area contributed by atoms with Crippen molar-refractivity contribution in [2.75, 3.05) is 39.0 Å². The lowest BCUT2D eigenvalue weighted by Crippen LogP contribution is -2.46. The molecule has 8 heteroatoms. The summed E-state index contributed by atoms with van der Waals surface area (Å²) in [5, 5.41) is 3.25. The van der Waals surface area contributed by atoms with Gasteiger partial charge in [0.15, 0.2) is 0 Å². The van der Waals surface area contributed by atoms with Crippen molar-refractivity contribution < 1.29 is 9.59 Å². The summed E-state index contributed by atoms with van der Waals surface area (Å²) >= 11 is 0. The minimum Gasteiger partial charge on any atom is -0.373 e. The van der Waals surface area contributed by atoms with Gasteiger partial charge in [-0.2, -0.15) is 0 Å². The summed E-state index contributed by atoms with van der Waals surface area (Å²) in [6, 6.07) is 0.422. The van der Waals surface area contributed by atoms with Gasteiger partial charge in [0.25, 0.3) is 0 Å². The monoisotopic (exact) mass is 442 g/mol. The van der Waals surface area contributed by atoms with Gasteiger partial charge in [-0.1, -0.05) is 25.7 Å². The number of likely N-dealkylation sites (N-methyl/N-ethyl adjacent to an activating group) is 1. The Bertz CT molecular complexity index is 838. The highest BCUT2D eigenvalue weighted by atomic mass is 16.2. The van der Waals surface area contributed by atoms with Gasteiger partial charge in [-0.15, -0.1) is 0 Å². The van der Waals surface area contributed by atoms with E-state index in [1.165, 1.54) is 19.3 Å². The average molecular weight is 443 g/mol. The van der Waals surface area contributed by atoms with Gasteiger partial charge in [-0.05, 0) is 38.6 Å². The zero-order valence-electron chi connectivity index (χ0n) is 19.9. The van der Waals surface area contributed by atoms with Crippen LogP contribution in [-0.4, -0.2) is 76.3 Å². The molecule has 3 heterocycles. The van der Waals surface area contributed by atoms with Gasteiger partial charge < -0.3 is 15.1 Å². The number of aromatic nitrogens is 2. The lowest BCUT2D eigenvalue weighted by molar-refractivity contribution is -0.135. The summed E-state index contributed by atoms with van der Waals surface area (Å²) in [4.78, 5) is 41.0. The minimum absolute atomic E-state index is 0.0394. The molecule has 1 aromatic heterocycles. The van der Waals surface area contributed by atoms with E-state index in [1.54, 1.807) is 6.92 Å². The Morgan fingerprint density at radius 2 is 1.81 bits per heavy atom. The molecule has 1 aromatic rings. The summed E-state index contributed by atoms with van der Waals surface area (Å²) in [5.74, 6) is 1.94. The lowest BCUT2D eigenvalue weighted by atomic mass is 9.94. The number of nitrogens with one attached hydrogen (secondary N) is 1. The van der Waals surface area contributed by atoms with E-state index in [0.717, 1.165) is 68.0 Å². The van der Waals surface area contributed by atoms with Crippen LogP contribution in [0, 0.1) is 0 Å². The Kier molecular flexibility index (Phi) is 7.28. The van der Waals surface area contributed by atoms with Crippen molar-refractivity contribution in [2.24, 2.45) is 0 Å². The number of fused-ring (bicyclic) bond motifs is 1. The molecule has 0 unspecified atom stereocenters. The van der Waals surface area contributed by atoms with Crippen LogP contribution in [0.2, 0.25) is 0 Å². The molecule has 2 fully saturated rings. The maximum atomic E-state index is 13.1. The minimum atomic E-state index is 0.0394. The average Bonchev–Trinajstić information content (AvgIpc) is 2.83. The number of hydrogen-bond donors (Lipinski definition) is 1. The van der Waals surface area contributed by atoms with Gasteiger partial charge in [0, 0.05) is 39.2 Å². The van der Waals surface area contributed by atoms with E-state index in [2.05, 4.69) is 10.2 Å². The highest BCUT2D eigenvalue weighted by Crippen LogP contribution is 2.32. The maximum Gasteiger partial charge on any atom is 0.236 e. The van der Waals surface area contributed by atoms with Gasteiger partial charge in [0.05, 0.1) is 24.8 Å². The molecule has 3 aliphatic rings. The Morgan fingerprint density at radius 3 is 2.53 bits per heavy atom. The smallest absolute Gasteiger partial charge is 0.236 e. The van der Waals surface area contributed by atoms with Crippen LogP contribution in [0.15, 0.2) is 0 Å². The number of rotatable bonds is 5. The Morgan fingerprint density at radius 1 is 1.06 bits per heavy atom. The van der Waals surface area contributed by atoms with Gasteiger partial charge in [-0.3, -0.25) is 14.5 Å². The van der Waals surface area contributed by atoms with Crippen molar-refractivity contribution in [3.63, 3.8) is 0 Å². The Balaban J connectivity index is 1.53. The molecular weight excluding hydrogens is 404 g/mol. The first-order valence-electron chi connectivity index (χ1n) is 12.3. The molecule has 176 valence electrons. The van der Waals surface area contributed by atoms with Crippen LogP contribution in [0.3, 0.4) is 0 Å². The molecule has 1 N–H and O–H groups in total. The zero-order chi connectivity index (χ0) is 22.7. The fourth-order valence-electron chi connectivity index (χ4n) is 5.50. The SMILES string of the molecule is CNc1nc([C@@H]2CCCCN2CC(=O)N(C)C2CCCCC2)nc2c1CCN(C(C)=O)C2. The van der Waals surface area contributed by atoms with Gasteiger partial charge in [0.1, 0.15) is 11.6 Å². The van der Waals surface area contributed by atoms with Crippen LogP contribution in [-0.2, 0) is 22.6 Å². The molecular formula is C24H38N6O2. The van der Waals surface area contributed by atoms with E-state index in [1.807, 2.05) is 23.9 Å². The highest BCUT2D eigenvalue weighted by molar-refractivity contribution is 5.78. The van der Waals surface area contributed by atoms with Gasteiger partial charge in [-0.25, -0.2) is 9.97 Å². The van der Waals surface area contributed by atoms with Crippen molar-refractivity contribution in [1.29, 1.82) is 0 Å². The standard InChI is InChI=1S/C24H38N6O2/c1-17(31)29-14-12-19-20(15-29)26-24(27-23(19)25-2)21-11-7-8-13-30(21)16-22(32)28(3)18-9-5-4-6-10-18/h18,21H,4-16H2,1-3H3,(H,25,26,27)/t21-/m0/s1. The van der Waals surface area contributed by atoms with Crippen molar-refractivity contribution in [3.05, 3.63) is 17.1 Å². The molecule has 8 nitrogen and oxygen atoms in total. The summed E-state index contributed by atoms with van der Waals surface area (Å²) in [6.45, 7) is 4.17. The molecule has 0 spiro atoms. The lowest BCUT2D eigenvalue weighted by Gasteiger charge is -2.38. The highest BCUT2D eigenvalue weighted by Gasteiger charge is 2.32. The zero-order valence-corrected chi connectivity index (χ0v) is 19.9. The predicted octanol–water partition coefficient (Wildman–Crippen LogP) is 2.74. The summed E-state index contributed by atoms with van der Waals surface area (Å²) in [7, 11) is 3.87. The number of nitrogens with zero attached hydrogens (tertiary/aromatic N) is 5. The molecule has 0 bridgehead atoms. The first-order valence-corrected chi connectivity index (χ1v) is 12.3. The number of likely N-dealkylation sites (tertiary alicyclic amines) is 1. The van der Waals surface area contributed by atoms with Crippen molar-refractivity contribution >= 4 is 17.6 Å². The fourth-order valence-corrected chi connectivity index (χ4v) is 5.50. The van der Waals surface area contributed by atoms with Crippen LogP contribution in [0.1, 0.15) is 81.4 Å². The topological polar surface area (TPSA) is 81.7 Å². The van der Waals surface area contributed by atoms with E-state index >= 15 is 0 Å². The molecule has 1 saturated carbocycles. The molecule has 1 atom stereocenters. The molecule has 2 aliphatic heterocycles. The van der Waals surface area contributed by atoms with Crippen LogP contribution < -0.4 is 5.32 Å². The third kappa shape index (κ3) is 4.90. The van der Waals surface area contributed by atoms with Crippen molar-refractivity contribution in [3.8, 4) is 0 Å². The van der Waals surface area contributed by atoms with E-state index in [4.69, 9.17) is 9.97 Å². The largest absolute Gasteiger partial charge is 0.373 e. The first-order chi connectivity index (χ1) is 15.5. The molecule has 2 amide bonds. The van der Waals surface area contributed by atoms with E-state index in [9.17, 15) is 9.59 Å². The van der Waals surface area contributed by atoms with E-state index in [-0.39, 0.29) is 17.9 Å². The van der Waals surface area contributed by atoms with Gasteiger partial charge >= 0.3 is 0 Å². The molecule has 1 saturated heterocycles. The third-order valence-electron chi connectivity index (χ3n) is 7.53. The van der Waals surface area contributed by atoms with Crippen LogP contribution >= 0.6 is 0 Å². The first kappa shape index (κ1) is 23.0. The summed E-state index contributed by atoms with van der Waals surface area (Å²) in [6.07, 6.45) is 9.92. The number of carbonyl (C=O) groups is 2. The number of anilines is 1.